The summed E-state index contributed by atoms with van der Waals surface area (Å²) < 4.78 is 32.6. The van der Waals surface area contributed by atoms with Crippen LogP contribution in [0.25, 0.3) is 22.2 Å². The van der Waals surface area contributed by atoms with E-state index in [1.807, 2.05) is 30.5 Å². The zero-order valence-electron chi connectivity index (χ0n) is 21.2. The number of morpholine rings is 1. The molecule has 0 bridgehead atoms. The normalized spacial score (nSPS) is 19.9. The fraction of sp³-hybridized carbons (Fsp3) is 0.481. The van der Waals surface area contributed by atoms with Crippen LogP contribution in [-0.2, 0) is 19.6 Å². The molecule has 2 aliphatic heterocycles. The van der Waals surface area contributed by atoms with Crippen molar-refractivity contribution >= 4 is 44.3 Å². The number of nitrogens with one attached hydrogen (secondary N) is 1. The standard InChI is InChI=1S/C27H32ClN5O4S/c28-26-23(17-30-27-25(26)22(16-29-27)19-5-6-19)20-3-1-4-21(15-20)33-9-8-32(18-24(33)34)38(35,36)14-2-7-31-10-12-37-13-11-31/h1,3-4,15-17,19H,2,5-14,18H2,(H,29,30). The van der Waals surface area contributed by atoms with Crippen molar-refractivity contribution in [1.82, 2.24) is 19.2 Å². The maximum atomic E-state index is 13.1. The number of pyridine rings is 1. The first kappa shape index (κ1) is 25.8. The molecule has 2 aromatic heterocycles. The highest BCUT2D eigenvalue weighted by Gasteiger charge is 2.33. The topological polar surface area (TPSA) is 98.8 Å². The van der Waals surface area contributed by atoms with Crippen LogP contribution in [0, 0.1) is 0 Å². The molecule has 3 fully saturated rings. The highest BCUT2D eigenvalue weighted by molar-refractivity contribution is 7.89. The number of hydrogen-bond acceptors (Lipinski definition) is 6. The number of H-pyrrole nitrogens is 1. The molecule has 1 saturated carbocycles. The maximum Gasteiger partial charge on any atom is 0.242 e. The molecule has 1 amide bonds. The quantitative estimate of drug-likeness (QED) is 0.455. The van der Waals surface area contributed by atoms with Gasteiger partial charge in [-0.2, -0.15) is 4.31 Å². The number of sulfonamides is 1. The minimum atomic E-state index is -3.50. The second-order valence-corrected chi connectivity index (χ2v) is 12.7. The van der Waals surface area contributed by atoms with Crippen LogP contribution in [0.3, 0.4) is 0 Å². The molecule has 0 spiro atoms. The number of amides is 1. The van der Waals surface area contributed by atoms with Crippen molar-refractivity contribution in [3.8, 4) is 11.1 Å². The average molecular weight is 558 g/mol. The van der Waals surface area contributed by atoms with Crippen LogP contribution in [-0.4, -0.2) is 91.7 Å². The largest absolute Gasteiger partial charge is 0.379 e. The van der Waals surface area contributed by atoms with Gasteiger partial charge in [-0.15, -0.1) is 0 Å². The van der Waals surface area contributed by atoms with Crippen molar-refractivity contribution in [2.75, 3.05) is 63.1 Å². The Morgan fingerprint density at radius 2 is 1.95 bits per heavy atom. The first-order chi connectivity index (χ1) is 18.4. The molecule has 2 saturated heterocycles. The van der Waals surface area contributed by atoms with Gasteiger partial charge in [0.15, 0.2) is 0 Å². The first-order valence-electron chi connectivity index (χ1n) is 13.2. The second kappa shape index (κ2) is 10.6. The van der Waals surface area contributed by atoms with Gasteiger partial charge < -0.3 is 14.6 Å². The number of piperazine rings is 1. The number of aromatic amines is 1. The number of ether oxygens (including phenoxy) is 1. The molecule has 1 N–H and O–H groups in total. The molecule has 9 nitrogen and oxygen atoms in total. The fourth-order valence-electron chi connectivity index (χ4n) is 5.43. The Kier molecular flexibility index (Phi) is 7.17. The van der Waals surface area contributed by atoms with Gasteiger partial charge in [-0.05, 0) is 55.0 Å². The molecule has 1 aromatic carbocycles. The van der Waals surface area contributed by atoms with E-state index in [0.717, 1.165) is 47.5 Å². The van der Waals surface area contributed by atoms with Gasteiger partial charge >= 0.3 is 0 Å². The molecule has 0 radical (unpaired) electrons. The second-order valence-electron chi connectivity index (χ2n) is 10.3. The summed E-state index contributed by atoms with van der Waals surface area (Å²) in [5.41, 5.74) is 4.42. The predicted molar refractivity (Wildman–Crippen MR) is 148 cm³/mol. The Balaban J connectivity index is 1.14. The molecular weight excluding hydrogens is 526 g/mol. The number of hydrogen-bond donors (Lipinski definition) is 1. The Hall–Kier alpha value is -2.50. The van der Waals surface area contributed by atoms with Crippen LogP contribution in [0.2, 0.25) is 5.02 Å². The van der Waals surface area contributed by atoms with E-state index in [9.17, 15) is 13.2 Å². The molecule has 4 heterocycles. The summed E-state index contributed by atoms with van der Waals surface area (Å²) in [4.78, 5) is 24.8. The summed E-state index contributed by atoms with van der Waals surface area (Å²) in [5.74, 6) is 0.351. The lowest BCUT2D eigenvalue weighted by molar-refractivity contribution is -0.119. The number of halogens is 1. The van der Waals surface area contributed by atoms with E-state index in [-0.39, 0.29) is 24.7 Å². The number of nitrogens with zero attached hydrogens (tertiary/aromatic N) is 4. The molecule has 6 rings (SSSR count). The molecular formula is C27H32ClN5O4S. The number of aromatic nitrogens is 2. The van der Waals surface area contributed by atoms with Crippen molar-refractivity contribution in [3.63, 3.8) is 0 Å². The van der Waals surface area contributed by atoms with Gasteiger partial charge in [0, 0.05) is 55.2 Å². The van der Waals surface area contributed by atoms with Gasteiger partial charge in [-0.1, -0.05) is 23.7 Å². The van der Waals surface area contributed by atoms with Gasteiger partial charge in [0.1, 0.15) is 5.65 Å². The van der Waals surface area contributed by atoms with E-state index in [0.29, 0.717) is 37.1 Å². The molecule has 202 valence electrons. The van der Waals surface area contributed by atoms with E-state index in [4.69, 9.17) is 16.3 Å². The predicted octanol–water partition coefficient (Wildman–Crippen LogP) is 3.46. The number of fused-ring (bicyclic) bond motifs is 1. The monoisotopic (exact) mass is 557 g/mol. The molecule has 0 unspecified atom stereocenters. The molecule has 0 atom stereocenters. The SMILES string of the molecule is O=C1CN(S(=O)(=O)CCCN2CCOCC2)CCN1c1cccc(-c2cnc3[nH]cc(C4CC4)c3c2Cl)c1. The van der Waals surface area contributed by atoms with E-state index in [1.165, 1.54) is 22.7 Å². The van der Waals surface area contributed by atoms with Crippen molar-refractivity contribution in [2.45, 2.75) is 25.2 Å². The van der Waals surface area contributed by atoms with Gasteiger partial charge in [-0.25, -0.2) is 13.4 Å². The molecule has 3 aliphatic rings. The molecule has 3 aromatic rings. The number of carbonyl (C=O) groups is 1. The summed E-state index contributed by atoms with van der Waals surface area (Å²) in [7, 11) is -3.50. The van der Waals surface area contributed by atoms with E-state index in [1.54, 1.807) is 11.1 Å². The van der Waals surface area contributed by atoms with Crippen LogP contribution in [0.5, 0.6) is 0 Å². The van der Waals surface area contributed by atoms with Crippen molar-refractivity contribution in [3.05, 3.63) is 47.2 Å². The number of carbonyl (C=O) groups excluding carboxylic acids is 1. The summed E-state index contributed by atoms with van der Waals surface area (Å²) in [6, 6.07) is 7.66. The Bertz CT molecular complexity index is 1450. The zero-order valence-corrected chi connectivity index (χ0v) is 22.8. The lowest BCUT2D eigenvalue weighted by atomic mass is 10.0. The minimum absolute atomic E-state index is 0.0447. The summed E-state index contributed by atoms with van der Waals surface area (Å²) in [5, 5.41) is 1.63. The van der Waals surface area contributed by atoms with Crippen LogP contribution in [0.4, 0.5) is 5.69 Å². The minimum Gasteiger partial charge on any atom is -0.379 e. The van der Waals surface area contributed by atoms with Crippen LogP contribution in [0.15, 0.2) is 36.7 Å². The van der Waals surface area contributed by atoms with Gasteiger partial charge in [0.2, 0.25) is 15.9 Å². The summed E-state index contributed by atoms with van der Waals surface area (Å²) >= 11 is 6.90. The van der Waals surface area contributed by atoms with Gasteiger partial charge in [0.25, 0.3) is 0 Å². The van der Waals surface area contributed by atoms with Gasteiger partial charge in [0.05, 0.1) is 30.5 Å². The number of rotatable bonds is 8. The van der Waals surface area contributed by atoms with E-state index < -0.39 is 10.0 Å². The third-order valence-electron chi connectivity index (χ3n) is 7.71. The first-order valence-corrected chi connectivity index (χ1v) is 15.2. The number of benzene rings is 1. The van der Waals surface area contributed by atoms with Crippen molar-refractivity contribution in [1.29, 1.82) is 0 Å². The van der Waals surface area contributed by atoms with Crippen LogP contribution in [0.1, 0.15) is 30.7 Å². The Morgan fingerprint density at radius 3 is 2.71 bits per heavy atom. The van der Waals surface area contributed by atoms with Gasteiger partial charge in [-0.3, -0.25) is 9.69 Å². The highest BCUT2D eigenvalue weighted by atomic mass is 35.5. The molecule has 1 aliphatic carbocycles. The lowest BCUT2D eigenvalue weighted by Gasteiger charge is -2.34. The van der Waals surface area contributed by atoms with Crippen LogP contribution >= 0.6 is 11.6 Å². The molecule has 38 heavy (non-hydrogen) atoms. The average Bonchev–Trinajstić information content (AvgIpc) is 3.67. The lowest BCUT2D eigenvalue weighted by Crippen LogP contribution is -2.53. The van der Waals surface area contributed by atoms with E-state index >= 15 is 0 Å². The highest BCUT2D eigenvalue weighted by Crippen LogP contribution is 2.46. The zero-order chi connectivity index (χ0) is 26.3. The summed E-state index contributed by atoms with van der Waals surface area (Å²) in [6.07, 6.45) is 6.65. The Morgan fingerprint density at radius 1 is 1.13 bits per heavy atom. The summed E-state index contributed by atoms with van der Waals surface area (Å²) in [6.45, 7) is 4.20. The fourth-order valence-corrected chi connectivity index (χ4v) is 7.20. The van der Waals surface area contributed by atoms with Crippen LogP contribution < -0.4 is 4.90 Å². The smallest absolute Gasteiger partial charge is 0.242 e. The Labute approximate surface area is 227 Å². The third-order valence-corrected chi connectivity index (χ3v) is 10.0. The van der Waals surface area contributed by atoms with Crippen molar-refractivity contribution in [2.24, 2.45) is 0 Å². The molecule has 11 heteroatoms. The third kappa shape index (κ3) is 5.20. The number of anilines is 1. The van der Waals surface area contributed by atoms with Crippen molar-refractivity contribution < 1.29 is 17.9 Å². The van der Waals surface area contributed by atoms with E-state index in [2.05, 4.69) is 14.9 Å². The maximum absolute atomic E-state index is 13.1.